The molecule has 0 spiro atoms. The summed E-state index contributed by atoms with van der Waals surface area (Å²) in [4.78, 5) is 26.7. The Kier molecular flexibility index (Phi) is 7.70. The van der Waals surface area contributed by atoms with Gasteiger partial charge in [0.1, 0.15) is 0 Å². The Labute approximate surface area is 205 Å². The van der Waals surface area contributed by atoms with Gasteiger partial charge in [0, 0.05) is 11.3 Å². The first-order chi connectivity index (χ1) is 16.9. The minimum Gasteiger partial charge on any atom is -0.324 e. The van der Waals surface area contributed by atoms with Gasteiger partial charge in [-0.05, 0) is 69.2 Å². The molecule has 2 N–H and O–H groups in total. The Balaban J connectivity index is 1.31. The first kappa shape index (κ1) is 24.3. The number of amides is 1. The zero-order valence-corrected chi connectivity index (χ0v) is 20.0. The molecule has 9 nitrogen and oxygen atoms in total. The lowest BCUT2D eigenvalue weighted by molar-refractivity contribution is 0.102. The summed E-state index contributed by atoms with van der Waals surface area (Å²) in [5, 5.41) is 5.72. The molecule has 1 aromatic heterocycles. The number of hydrogen-bond donors (Lipinski definition) is 2. The molecule has 3 aromatic rings. The molecule has 0 unspecified atom stereocenters. The van der Waals surface area contributed by atoms with Crippen molar-refractivity contribution in [3.63, 3.8) is 0 Å². The summed E-state index contributed by atoms with van der Waals surface area (Å²) < 4.78 is 25.3. The number of aromatic nitrogens is 2. The number of carbonyl (C=O) groups is 1. The zero-order chi connectivity index (χ0) is 24.7. The summed E-state index contributed by atoms with van der Waals surface area (Å²) in [5.74, 6) is 0.0747. The summed E-state index contributed by atoms with van der Waals surface area (Å²) in [7, 11) is -3.33. The largest absolute Gasteiger partial charge is 0.324 e. The van der Waals surface area contributed by atoms with Crippen molar-refractivity contribution in [3.8, 4) is 0 Å². The van der Waals surface area contributed by atoms with Gasteiger partial charge in [0.2, 0.25) is 5.95 Å². The van der Waals surface area contributed by atoms with Crippen LogP contribution in [0.4, 0.5) is 23.0 Å². The molecule has 0 radical (unpaired) electrons. The average Bonchev–Trinajstić information content (AvgIpc) is 3.39. The summed E-state index contributed by atoms with van der Waals surface area (Å²) in [6.45, 7) is 10.00. The van der Waals surface area contributed by atoms with Gasteiger partial charge in [0.25, 0.3) is 5.91 Å². The predicted octanol–water partition coefficient (Wildman–Crippen LogP) is 4.28. The highest BCUT2D eigenvalue weighted by Gasteiger charge is 2.17. The van der Waals surface area contributed by atoms with Crippen molar-refractivity contribution in [3.05, 3.63) is 77.9 Å². The number of rotatable bonds is 9. The average molecular weight is 491 g/mol. The van der Waals surface area contributed by atoms with Gasteiger partial charge in [0.05, 0.1) is 35.3 Å². The van der Waals surface area contributed by atoms with Gasteiger partial charge in [-0.2, -0.15) is 0 Å². The molecule has 2 heterocycles. The van der Waals surface area contributed by atoms with Crippen LogP contribution in [0.2, 0.25) is 0 Å². The second-order valence-electron chi connectivity index (χ2n) is 8.28. The summed E-state index contributed by atoms with van der Waals surface area (Å²) in [6.07, 6.45) is 5.95. The van der Waals surface area contributed by atoms with Crippen LogP contribution in [0.15, 0.2) is 65.8 Å². The molecule has 1 saturated heterocycles. The maximum atomic E-state index is 12.6. The van der Waals surface area contributed by atoms with Crippen LogP contribution < -0.4 is 10.6 Å². The lowest BCUT2D eigenvalue weighted by atomic mass is 10.2. The molecular weight excluding hydrogens is 464 g/mol. The van der Waals surface area contributed by atoms with E-state index in [1.54, 1.807) is 42.5 Å². The van der Waals surface area contributed by atoms with Crippen LogP contribution in [-0.2, 0) is 9.84 Å². The second kappa shape index (κ2) is 11.1. The van der Waals surface area contributed by atoms with Crippen LogP contribution in [0.3, 0.4) is 0 Å². The van der Waals surface area contributed by atoms with E-state index in [2.05, 4.69) is 30.3 Å². The van der Waals surface area contributed by atoms with Crippen LogP contribution in [-0.4, -0.2) is 54.6 Å². The highest BCUT2D eigenvalue weighted by Crippen LogP contribution is 2.20. The fourth-order valence-corrected chi connectivity index (χ4v) is 5.15. The van der Waals surface area contributed by atoms with Gasteiger partial charge in [-0.1, -0.05) is 18.2 Å². The van der Waals surface area contributed by atoms with E-state index < -0.39 is 9.84 Å². The fourth-order valence-electron chi connectivity index (χ4n) is 3.85. The Morgan fingerprint density at radius 3 is 2.43 bits per heavy atom. The van der Waals surface area contributed by atoms with Crippen molar-refractivity contribution < 1.29 is 13.2 Å². The molecule has 1 amide bonds. The molecule has 35 heavy (non-hydrogen) atoms. The molecule has 4 rings (SSSR count). The van der Waals surface area contributed by atoms with E-state index in [1.807, 2.05) is 0 Å². The van der Waals surface area contributed by atoms with E-state index in [0.29, 0.717) is 39.9 Å². The third-order valence-corrected chi connectivity index (χ3v) is 7.52. The Hall–Kier alpha value is -3.81. The van der Waals surface area contributed by atoms with Gasteiger partial charge in [0.15, 0.2) is 15.5 Å². The van der Waals surface area contributed by atoms with Crippen molar-refractivity contribution in [1.29, 1.82) is 0 Å². The highest BCUT2D eigenvalue weighted by molar-refractivity contribution is 7.91. The molecule has 0 bridgehead atoms. The third-order valence-electron chi connectivity index (χ3n) is 5.70. The van der Waals surface area contributed by atoms with E-state index >= 15 is 0 Å². The van der Waals surface area contributed by atoms with Crippen LogP contribution in [0.5, 0.6) is 0 Å². The van der Waals surface area contributed by atoms with Crippen molar-refractivity contribution in [2.24, 2.45) is 0 Å². The van der Waals surface area contributed by atoms with Gasteiger partial charge in [-0.25, -0.2) is 23.2 Å². The SMILES string of the molecule is [C-]#[N+]c1cccc(C(=O)Nc2cnc(Nc3ccc(S(=O)(=O)CCCN4CCCC4)cc3)nc2)c1. The summed E-state index contributed by atoms with van der Waals surface area (Å²) in [5.41, 5.74) is 1.80. The second-order valence-corrected chi connectivity index (χ2v) is 10.4. The number of carbonyl (C=O) groups excluding carboxylic acids is 1. The van der Waals surface area contributed by atoms with Crippen molar-refractivity contribution >= 4 is 38.8 Å². The molecule has 1 fully saturated rings. The van der Waals surface area contributed by atoms with Gasteiger partial charge >= 0.3 is 0 Å². The van der Waals surface area contributed by atoms with E-state index in [9.17, 15) is 13.2 Å². The number of hydrogen-bond acceptors (Lipinski definition) is 7. The smallest absolute Gasteiger partial charge is 0.254 e. The molecule has 10 heteroatoms. The lowest BCUT2D eigenvalue weighted by Crippen LogP contribution is -2.22. The number of nitrogens with zero attached hydrogens (tertiary/aromatic N) is 4. The van der Waals surface area contributed by atoms with Gasteiger partial charge in [-0.3, -0.25) is 4.79 Å². The quantitative estimate of drug-likeness (QED) is 0.431. The minimum atomic E-state index is -3.33. The minimum absolute atomic E-state index is 0.134. The first-order valence-electron chi connectivity index (χ1n) is 11.4. The van der Waals surface area contributed by atoms with E-state index in [0.717, 1.165) is 19.6 Å². The number of benzene rings is 2. The number of anilines is 3. The lowest BCUT2D eigenvalue weighted by Gasteiger charge is -2.14. The van der Waals surface area contributed by atoms with Crippen LogP contribution in [0, 0.1) is 6.57 Å². The summed E-state index contributed by atoms with van der Waals surface area (Å²) >= 11 is 0. The number of likely N-dealkylation sites (tertiary alicyclic amines) is 1. The fraction of sp³-hybridized carbons (Fsp3) is 0.280. The first-order valence-corrected chi connectivity index (χ1v) is 13.0. The predicted molar refractivity (Wildman–Crippen MR) is 135 cm³/mol. The van der Waals surface area contributed by atoms with Crippen molar-refractivity contribution in [1.82, 2.24) is 14.9 Å². The molecule has 1 aliphatic heterocycles. The molecule has 2 aromatic carbocycles. The third kappa shape index (κ3) is 6.62. The highest BCUT2D eigenvalue weighted by atomic mass is 32.2. The normalized spacial score (nSPS) is 13.8. The monoisotopic (exact) mass is 490 g/mol. The van der Waals surface area contributed by atoms with Gasteiger partial charge in [-0.15, -0.1) is 0 Å². The van der Waals surface area contributed by atoms with E-state index in [1.165, 1.54) is 31.3 Å². The summed E-state index contributed by atoms with van der Waals surface area (Å²) in [6, 6.07) is 12.9. The number of nitrogens with one attached hydrogen (secondary N) is 2. The van der Waals surface area contributed by atoms with E-state index in [4.69, 9.17) is 6.57 Å². The van der Waals surface area contributed by atoms with E-state index in [-0.39, 0.29) is 11.7 Å². The maximum absolute atomic E-state index is 12.6. The van der Waals surface area contributed by atoms with Crippen LogP contribution >= 0.6 is 0 Å². The molecule has 0 saturated carbocycles. The van der Waals surface area contributed by atoms with Crippen LogP contribution in [0.25, 0.3) is 4.85 Å². The molecule has 0 aliphatic carbocycles. The van der Waals surface area contributed by atoms with Crippen molar-refractivity contribution in [2.75, 3.05) is 36.0 Å². The van der Waals surface area contributed by atoms with Crippen LogP contribution in [0.1, 0.15) is 29.6 Å². The topological polar surface area (TPSA) is 109 Å². The molecular formula is C25H26N6O3S. The maximum Gasteiger partial charge on any atom is 0.254 e. The molecule has 1 aliphatic rings. The zero-order valence-electron chi connectivity index (χ0n) is 19.1. The Bertz CT molecular complexity index is 1310. The van der Waals surface area contributed by atoms with Crippen molar-refractivity contribution in [2.45, 2.75) is 24.2 Å². The molecule has 180 valence electrons. The standard InChI is InChI=1S/C25H26N6O3S/c1-26-21-7-4-6-19(16-21)24(32)29-22-17-27-25(28-18-22)30-20-8-10-23(11-9-20)35(33,34)15-5-14-31-12-2-3-13-31/h4,6-11,16-18H,2-3,5,12-15H2,(H,29,32)(H,27,28,30). The van der Waals surface area contributed by atoms with Gasteiger partial charge < -0.3 is 15.5 Å². The Morgan fingerprint density at radius 2 is 1.74 bits per heavy atom. The Morgan fingerprint density at radius 1 is 1.03 bits per heavy atom. The number of sulfone groups is 1. The molecule has 0 atom stereocenters.